The molecule has 180 valence electrons. The lowest BCUT2D eigenvalue weighted by Crippen LogP contribution is -2.31. The lowest BCUT2D eigenvalue weighted by molar-refractivity contribution is -0.136. The zero-order chi connectivity index (χ0) is 24.4. The van der Waals surface area contributed by atoms with Gasteiger partial charge in [0.2, 0.25) is 0 Å². The molecule has 2 atom stereocenters. The fraction of sp³-hybridized carbons (Fsp3) is 0.321. The maximum atomic E-state index is 13.3. The van der Waals surface area contributed by atoms with Crippen molar-refractivity contribution >= 4 is 28.9 Å². The number of hydrazone groups is 1. The molecular formula is C28H28N2O4S. The van der Waals surface area contributed by atoms with Crippen LogP contribution in [0.5, 0.6) is 5.75 Å². The van der Waals surface area contributed by atoms with Gasteiger partial charge in [0.1, 0.15) is 5.75 Å². The topological polar surface area (TPSA) is 68.2 Å². The third kappa shape index (κ3) is 4.86. The summed E-state index contributed by atoms with van der Waals surface area (Å²) in [7, 11) is 1.62. The number of nitrogens with zero attached hydrogens (tertiary/aromatic N) is 2. The molecule has 1 aromatic heterocycles. The van der Waals surface area contributed by atoms with E-state index in [9.17, 15) is 9.59 Å². The first kappa shape index (κ1) is 23.3. The molecule has 1 aliphatic carbocycles. The SMILES string of the molecule is COc1ccc([C@H]2CC(c3ccccc3)=NN2C(=O)COC(=O)c2csc3c2CC[C@H](C)C3)cc1. The number of ether oxygens (including phenoxy) is 2. The predicted molar refractivity (Wildman–Crippen MR) is 136 cm³/mol. The van der Waals surface area contributed by atoms with Crippen molar-refractivity contribution in [3.8, 4) is 5.75 Å². The predicted octanol–water partition coefficient (Wildman–Crippen LogP) is 5.42. The van der Waals surface area contributed by atoms with Gasteiger partial charge in [0.05, 0.1) is 24.4 Å². The summed E-state index contributed by atoms with van der Waals surface area (Å²) < 4.78 is 10.8. The van der Waals surface area contributed by atoms with Crippen LogP contribution in [0, 0.1) is 5.92 Å². The third-order valence-corrected chi connectivity index (χ3v) is 7.77. The van der Waals surface area contributed by atoms with Crippen molar-refractivity contribution in [2.45, 2.75) is 38.6 Å². The number of hydrogen-bond donors (Lipinski definition) is 0. The molecular weight excluding hydrogens is 460 g/mol. The molecule has 7 heteroatoms. The summed E-state index contributed by atoms with van der Waals surface area (Å²) in [6.07, 6.45) is 3.53. The van der Waals surface area contributed by atoms with Crippen molar-refractivity contribution in [1.82, 2.24) is 5.01 Å². The van der Waals surface area contributed by atoms with Crippen LogP contribution in [0.15, 0.2) is 65.1 Å². The maximum absolute atomic E-state index is 13.3. The Morgan fingerprint density at radius 1 is 1.09 bits per heavy atom. The minimum atomic E-state index is -0.433. The van der Waals surface area contributed by atoms with Gasteiger partial charge in [-0.3, -0.25) is 4.79 Å². The minimum Gasteiger partial charge on any atom is -0.497 e. The van der Waals surface area contributed by atoms with Crippen LogP contribution in [0.1, 0.15) is 57.7 Å². The Morgan fingerprint density at radius 3 is 2.60 bits per heavy atom. The number of amides is 1. The van der Waals surface area contributed by atoms with Crippen LogP contribution in [0.2, 0.25) is 0 Å². The third-order valence-electron chi connectivity index (χ3n) is 6.72. The zero-order valence-electron chi connectivity index (χ0n) is 19.9. The van der Waals surface area contributed by atoms with E-state index < -0.39 is 5.97 Å². The van der Waals surface area contributed by atoms with E-state index in [4.69, 9.17) is 9.47 Å². The maximum Gasteiger partial charge on any atom is 0.339 e. The van der Waals surface area contributed by atoms with Crippen molar-refractivity contribution in [1.29, 1.82) is 0 Å². The number of methoxy groups -OCH3 is 1. The molecule has 0 bridgehead atoms. The Morgan fingerprint density at radius 2 is 1.86 bits per heavy atom. The Kier molecular flexibility index (Phi) is 6.68. The Hall–Kier alpha value is -3.45. The van der Waals surface area contributed by atoms with Crippen LogP contribution in [0.4, 0.5) is 0 Å². The summed E-state index contributed by atoms with van der Waals surface area (Å²) >= 11 is 1.61. The summed E-state index contributed by atoms with van der Waals surface area (Å²) in [6, 6.07) is 17.2. The fourth-order valence-electron chi connectivity index (χ4n) is 4.75. The molecule has 6 nitrogen and oxygen atoms in total. The van der Waals surface area contributed by atoms with Crippen LogP contribution in [-0.4, -0.2) is 36.3 Å². The van der Waals surface area contributed by atoms with Gasteiger partial charge in [0.25, 0.3) is 5.91 Å². The second-order valence-corrected chi connectivity index (χ2v) is 10.1. The summed E-state index contributed by atoms with van der Waals surface area (Å²) in [5, 5.41) is 7.99. The number of esters is 1. The lowest BCUT2D eigenvalue weighted by Gasteiger charge is -2.22. The Balaban J connectivity index is 1.33. The first-order chi connectivity index (χ1) is 17.0. The number of carbonyl (C=O) groups is 2. The van der Waals surface area contributed by atoms with Crippen molar-refractivity contribution < 1.29 is 19.1 Å². The molecule has 5 rings (SSSR count). The molecule has 1 amide bonds. The number of fused-ring (bicyclic) bond motifs is 1. The number of benzene rings is 2. The highest BCUT2D eigenvalue weighted by atomic mass is 32.1. The van der Waals surface area contributed by atoms with E-state index in [0.717, 1.165) is 47.4 Å². The van der Waals surface area contributed by atoms with E-state index in [1.54, 1.807) is 18.4 Å². The van der Waals surface area contributed by atoms with Crippen LogP contribution in [0.25, 0.3) is 0 Å². The molecule has 0 spiro atoms. The highest BCUT2D eigenvalue weighted by molar-refractivity contribution is 7.10. The fourth-order valence-corrected chi connectivity index (χ4v) is 5.98. The molecule has 2 aromatic carbocycles. The average Bonchev–Trinajstić information content (AvgIpc) is 3.52. The van der Waals surface area contributed by atoms with E-state index in [2.05, 4.69) is 12.0 Å². The van der Waals surface area contributed by atoms with E-state index in [1.807, 2.05) is 60.0 Å². The second-order valence-electron chi connectivity index (χ2n) is 9.12. The van der Waals surface area contributed by atoms with E-state index >= 15 is 0 Å². The van der Waals surface area contributed by atoms with Crippen LogP contribution in [0.3, 0.4) is 0 Å². The molecule has 2 aliphatic rings. The van der Waals surface area contributed by atoms with Gasteiger partial charge < -0.3 is 9.47 Å². The molecule has 0 radical (unpaired) electrons. The van der Waals surface area contributed by atoms with Gasteiger partial charge >= 0.3 is 5.97 Å². The van der Waals surface area contributed by atoms with E-state index in [-0.39, 0.29) is 18.6 Å². The Bertz CT molecular complexity index is 1250. The summed E-state index contributed by atoms with van der Waals surface area (Å²) in [5.41, 5.74) is 4.43. The molecule has 0 saturated heterocycles. The highest BCUT2D eigenvalue weighted by Gasteiger charge is 2.34. The largest absolute Gasteiger partial charge is 0.497 e. The first-order valence-corrected chi connectivity index (χ1v) is 12.8. The van der Waals surface area contributed by atoms with Crippen LogP contribution in [-0.2, 0) is 22.4 Å². The van der Waals surface area contributed by atoms with Gasteiger partial charge in [-0.05, 0) is 54.0 Å². The van der Waals surface area contributed by atoms with E-state index in [0.29, 0.717) is 17.9 Å². The van der Waals surface area contributed by atoms with Gasteiger partial charge in [0, 0.05) is 16.7 Å². The van der Waals surface area contributed by atoms with E-state index in [1.165, 1.54) is 9.89 Å². The molecule has 2 heterocycles. The molecule has 35 heavy (non-hydrogen) atoms. The van der Waals surface area contributed by atoms with Crippen molar-refractivity contribution in [2.24, 2.45) is 11.0 Å². The van der Waals surface area contributed by atoms with Crippen LogP contribution >= 0.6 is 11.3 Å². The number of carbonyl (C=O) groups excluding carboxylic acids is 2. The number of thiophene rings is 1. The molecule has 1 aliphatic heterocycles. The number of hydrogen-bond acceptors (Lipinski definition) is 6. The lowest BCUT2D eigenvalue weighted by atomic mass is 9.88. The minimum absolute atomic E-state index is 0.280. The van der Waals surface area contributed by atoms with Crippen molar-refractivity contribution in [2.75, 3.05) is 13.7 Å². The van der Waals surface area contributed by atoms with Gasteiger partial charge in [-0.25, -0.2) is 9.80 Å². The zero-order valence-corrected chi connectivity index (χ0v) is 20.7. The van der Waals surface area contributed by atoms with Gasteiger partial charge in [0.15, 0.2) is 6.61 Å². The molecule has 0 saturated carbocycles. The molecule has 3 aromatic rings. The normalized spacial score (nSPS) is 19.1. The summed E-state index contributed by atoms with van der Waals surface area (Å²) in [5.74, 6) is 0.602. The quantitative estimate of drug-likeness (QED) is 0.435. The first-order valence-electron chi connectivity index (χ1n) is 11.9. The standard InChI is InChI=1S/C28H28N2O4S/c1-18-8-13-22-23(17-35-26(22)14-18)28(32)34-16-27(31)30-25(20-9-11-21(33-2)12-10-20)15-24(29-30)19-6-4-3-5-7-19/h3-7,9-12,17-18,25H,8,13-16H2,1-2H3/t18-,25+/m0/s1. The molecule has 0 fully saturated rings. The smallest absolute Gasteiger partial charge is 0.339 e. The average molecular weight is 489 g/mol. The van der Waals surface area contributed by atoms with Crippen LogP contribution < -0.4 is 4.74 Å². The Labute approximate surface area is 209 Å². The monoisotopic (exact) mass is 488 g/mol. The molecule has 0 unspecified atom stereocenters. The summed E-state index contributed by atoms with van der Waals surface area (Å²) in [4.78, 5) is 27.4. The molecule has 0 N–H and O–H groups in total. The highest BCUT2D eigenvalue weighted by Crippen LogP contribution is 2.35. The van der Waals surface area contributed by atoms with Gasteiger partial charge in [-0.15, -0.1) is 11.3 Å². The second kappa shape index (κ2) is 10.0. The number of rotatable bonds is 6. The van der Waals surface area contributed by atoms with Crippen molar-refractivity contribution in [3.63, 3.8) is 0 Å². The van der Waals surface area contributed by atoms with Gasteiger partial charge in [-0.2, -0.15) is 5.10 Å². The summed E-state index contributed by atoms with van der Waals surface area (Å²) in [6.45, 7) is 1.89. The van der Waals surface area contributed by atoms with Crippen molar-refractivity contribution in [3.05, 3.63) is 87.1 Å². The van der Waals surface area contributed by atoms with Gasteiger partial charge in [-0.1, -0.05) is 49.4 Å².